The first-order valence-corrected chi connectivity index (χ1v) is 10.2. The van der Waals surface area contributed by atoms with Crippen LogP contribution in [0.5, 0.6) is 0 Å². The van der Waals surface area contributed by atoms with Crippen LogP contribution in [0.2, 0.25) is 0 Å². The lowest BCUT2D eigenvalue weighted by Gasteiger charge is -2.24. The molecule has 0 aliphatic heterocycles. The molecule has 0 heterocycles. The summed E-state index contributed by atoms with van der Waals surface area (Å²) in [6, 6.07) is 8.38. The Morgan fingerprint density at radius 1 is 1.11 bits per heavy atom. The van der Waals surface area contributed by atoms with Crippen LogP contribution in [0.15, 0.2) is 36.4 Å². The smallest absolute Gasteiger partial charge is 0.232 e. The largest absolute Gasteiger partial charge is 0.324 e. The molecule has 2 aromatic rings. The van der Waals surface area contributed by atoms with Gasteiger partial charge in [-0.15, -0.1) is 0 Å². The molecule has 0 aromatic heterocycles. The van der Waals surface area contributed by atoms with E-state index in [9.17, 15) is 22.0 Å². The molecule has 27 heavy (non-hydrogen) atoms. The average molecular weight is 396 g/mol. The zero-order valence-corrected chi connectivity index (χ0v) is 16.2. The third-order valence-corrected chi connectivity index (χ3v) is 5.18. The van der Waals surface area contributed by atoms with Crippen molar-refractivity contribution in [3.8, 4) is 0 Å². The van der Waals surface area contributed by atoms with Crippen LogP contribution in [0.3, 0.4) is 0 Å². The van der Waals surface area contributed by atoms with Gasteiger partial charge in [0.1, 0.15) is 11.6 Å². The Bertz CT molecular complexity index is 946. The van der Waals surface area contributed by atoms with Gasteiger partial charge in [-0.1, -0.05) is 12.1 Å². The summed E-state index contributed by atoms with van der Waals surface area (Å²) in [6.45, 7) is 3.80. The monoisotopic (exact) mass is 396 g/mol. The van der Waals surface area contributed by atoms with E-state index in [2.05, 4.69) is 5.32 Å². The average Bonchev–Trinajstić information content (AvgIpc) is 2.56. The molecule has 0 saturated carbocycles. The van der Waals surface area contributed by atoms with Gasteiger partial charge in [0.15, 0.2) is 0 Å². The SMILES string of the molecule is Cc1ccc(C)c(N(CCCC(=O)Nc2ccc(F)cc2F)S(C)(=O)=O)c1. The van der Waals surface area contributed by atoms with Crippen molar-refractivity contribution in [2.24, 2.45) is 0 Å². The van der Waals surface area contributed by atoms with E-state index in [1.165, 1.54) is 4.31 Å². The number of halogens is 2. The molecule has 146 valence electrons. The fraction of sp³-hybridized carbons (Fsp3) is 0.316. The van der Waals surface area contributed by atoms with E-state index in [0.29, 0.717) is 11.8 Å². The second-order valence-electron chi connectivity index (χ2n) is 6.40. The summed E-state index contributed by atoms with van der Waals surface area (Å²) < 4.78 is 52.1. The molecular weight excluding hydrogens is 374 g/mol. The Hall–Kier alpha value is -2.48. The van der Waals surface area contributed by atoms with E-state index in [-0.39, 0.29) is 25.1 Å². The van der Waals surface area contributed by atoms with Crippen LogP contribution < -0.4 is 9.62 Å². The maximum absolute atomic E-state index is 13.6. The van der Waals surface area contributed by atoms with E-state index in [1.807, 2.05) is 26.0 Å². The van der Waals surface area contributed by atoms with E-state index < -0.39 is 27.6 Å². The lowest BCUT2D eigenvalue weighted by molar-refractivity contribution is -0.116. The van der Waals surface area contributed by atoms with E-state index in [0.717, 1.165) is 29.5 Å². The highest BCUT2D eigenvalue weighted by Crippen LogP contribution is 2.24. The van der Waals surface area contributed by atoms with Gasteiger partial charge in [0.05, 0.1) is 17.6 Å². The Kier molecular flexibility index (Phi) is 6.54. The molecule has 2 rings (SSSR count). The van der Waals surface area contributed by atoms with Crippen LogP contribution in [0, 0.1) is 25.5 Å². The van der Waals surface area contributed by atoms with Crippen LogP contribution in [0.4, 0.5) is 20.2 Å². The van der Waals surface area contributed by atoms with Crippen molar-refractivity contribution in [3.05, 3.63) is 59.2 Å². The molecule has 0 aliphatic carbocycles. The minimum atomic E-state index is -3.53. The third-order valence-electron chi connectivity index (χ3n) is 4.00. The lowest BCUT2D eigenvalue weighted by atomic mass is 10.1. The number of anilines is 2. The van der Waals surface area contributed by atoms with Crippen LogP contribution in [0.25, 0.3) is 0 Å². The van der Waals surface area contributed by atoms with E-state index in [4.69, 9.17) is 0 Å². The standard InChI is InChI=1S/C19H22F2N2O3S/c1-13-6-7-14(2)18(11-13)23(27(3,25)26)10-4-5-19(24)22-17-9-8-15(20)12-16(17)21/h6-9,11-12H,4-5,10H2,1-3H3,(H,22,24). The van der Waals surface area contributed by atoms with Crippen molar-refractivity contribution in [3.63, 3.8) is 0 Å². The highest BCUT2D eigenvalue weighted by molar-refractivity contribution is 7.92. The number of benzene rings is 2. The van der Waals surface area contributed by atoms with Crippen LogP contribution in [0.1, 0.15) is 24.0 Å². The zero-order valence-electron chi connectivity index (χ0n) is 15.4. The molecule has 0 unspecified atom stereocenters. The normalized spacial score (nSPS) is 11.3. The minimum Gasteiger partial charge on any atom is -0.324 e. The van der Waals surface area contributed by atoms with Gasteiger partial charge in [-0.25, -0.2) is 17.2 Å². The minimum absolute atomic E-state index is 0.00625. The molecule has 0 fully saturated rings. The second-order valence-corrected chi connectivity index (χ2v) is 8.31. The van der Waals surface area contributed by atoms with Gasteiger partial charge in [0.25, 0.3) is 0 Å². The second kappa shape index (κ2) is 8.47. The van der Waals surface area contributed by atoms with Gasteiger partial charge in [-0.3, -0.25) is 9.10 Å². The summed E-state index contributed by atoms with van der Waals surface area (Å²) in [5.41, 5.74) is 2.19. The number of rotatable bonds is 7. The van der Waals surface area contributed by atoms with Crippen LogP contribution in [-0.4, -0.2) is 27.1 Å². The maximum Gasteiger partial charge on any atom is 0.232 e. The first-order chi connectivity index (χ1) is 12.6. The van der Waals surface area contributed by atoms with Gasteiger partial charge in [0.2, 0.25) is 15.9 Å². The molecule has 5 nitrogen and oxygen atoms in total. The Balaban J connectivity index is 2.03. The molecule has 0 atom stereocenters. The number of amides is 1. The van der Waals surface area contributed by atoms with Gasteiger partial charge in [-0.05, 0) is 49.6 Å². The fourth-order valence-corrected chi connectivity index (χ4v) is 3.65. The molecule has 1 amide bonds. The molecule has 0 aliphatic rings. The van der Waals surface area contributed by atoms with Gasteiger partial charge < -0.3 is 5.32 Å². The van der Waals surface area contributed by atoms with Gasteiger partial charge in [0, 0.05) is 19.0 Å². The number of carbonyl (C=O) groups excluding carboxylic acids is 1. The third kappa shape index (κ3) is 5.75. The zero-order chi connectivity index (χ0) is 20.2. The summed E-state index contributed by atoms with van der Waals surface area (Å²) in [5, 5.41) is 2.36. The topological polar surface area (TPSA) is 66.5 Å². The number of hydrogen-bond donors (Lipinski definition) is 1. The summed E-state index contributed by atoms with van der Waals surface area (Å²) in [6.07, 6.45) is 1.35. The van der Waals surface area contributed by atoms with Crippen molar-refractivity contribution in [1.82, 2.24) is 0 Å². The molecular formula is C19H22F2N2O3S. The first kappa shape index (κ1) is 20.8. The van der Waals surface area contributed by atoms with Crippen LogP contribution in [-0.2, 0) is 14.8 Å². The highest BCUT2D eigenvalue weighted by atomic mass is 32.2. The summed E-state index contributed by atoms with van der Waals surface area (Å²) in [7, 11) is -3.53. The summed E-state index contributed by atoms with van der Waals surface area (Å²) >= 11 is 0. The van der Waals surface area contributed by atoms with Crippen molar-refractivity contribution in [2.75, 3.05) is 22.4 Å². The number of hydrogen-bond acceptors (Lipinski definition) is 3. The molecule has 0 radical (unpaired) electrons. The molecule has 0 spiro atoms. The Morgan fingerprint density at radius 3 is 2.44 bits per heavy atom. The van der Waals surface area contributed by atoms with Crippen molar-refractivity contribution in [1.29, 1.82) is 0 Å². The molecule has 2 aromatic carbocycles. The van der Waals surface area contributed by atoms with E-state index >= 15 is 0 Å². The number of nitrogens with one attached hydrogen (secondary N) is 1. The first-order valence-electron chi connectivity index (χ1n) is 8.38. The van der Waals surface area contributed by atoms with Gasteiger partial charge >= 0.3 is 0 Å². The Labute approximate surface area is 158 Å². The van der Waals surface area contributed by atoms with Gasteiger partial charge in [-0.2, -0.15) is 0 Å². The van der Waals surface area contributed by atoms with Crippen molar-refractivity contribution < 1.29 is 22.0 Å². The summed E-state index contributed by atoms with van der Waals surface area (Å²) in [5.74, 6) is -2.07. The maximum atomic E-state index is 13.6. The fourth-order valence-electron chi connectivity index (χ4n) is 2.64. The number of carbonyl (C=O) groups is 1. The number of aryl methyl sites for hydroxylation is 2. The number of sulfonamides is 1. The summed E-state index contributed by atoms with van der Waals surface area (Å²) in [4.78, 5) is 12.0. The van der Waals surface area contributed by atoms with Crippen LogP contribution >= 0.6 is 0 Å². The highest BCUT2D eigenvalue weighted by Gasteiger charge is 2.19. The Morgan fingerprint density at radius 2 is 1.81 bits per heavy atom. The quantitative estimate of drug-likeness (QED) is 0.775. The molecule has 1 N–H and O–H groups in total. The van der Waals surface area contributed by atoms with Crippen molar-refractivity contribution in [2.45, 2.75) is 26.7 Å². The predicted molar refractivity (Wildman–Crippen MR) is 102 cm³/mol. The molecule has 8 heteroatoms. The number of nitrogens with zero attached hydrogens (tertiary/aromatic N) is 1. The molecule has 0 bridgehead atoms. The lowest BCUT2D eigenvalue weighted by Crippen LogP contribution is -2.32. The van der Waals surface area contributed by atoms with E-state index in [1.54, 1.807) is 6.07 Å². The molecule has 0 saturated heterocycles. The predicted octanol–water partition coefficient (Wildman–Crippen LogP) is 3.77. The van der Waals surface area contributed by atoms with Crippen molar-refractivity contribution >= 4 is 27.3 Å².